The topological polar surface area (TPSA) is 24.9 Å². The van der Waals surface area contributed by atoms with Gasteiger partial charge in [-0.05, 0) is 60.6 Å². The van der Waals surface area contributed by atoms with Crippen LogP contribution in [0.4, 0.5) is 5.69 Å². The van der Waals surface area contributed by atoms with E-state index in [0.717, 1.165) is 58.9 Å². The Morgan fingerprint density at radius 1 is 0.897 bits per heavy atom. The Morgan fingerprint density at radius 3 is 2.24 bits per heavy atom. The van der Waals surface area contributed by atoms with E-state index in [0.29, 0.717) is 6.04 Å². The molecule has 4 heteroatoms. The van der Waals surface area contributed by atoms with Crippen molar-refractivity contribution in [2.45, 2.75) is 39.3 Å². The molecule has 2 aromatic carbocycles. The number of benzene rings is 2. The predicted octanol–water partition coefficient (Wildman–Crippen LogP) is 4.42. The summed E-state index contributed by atoms with van der Waals surface area (Å²) in [4.78, 5) is 4.94. The summed E-state index contributed by atoms with van der Waals surface area (Å²) in [6, 6.07) is 14.4. The van der Waals surface area contributed by atoms with Gasteiger partial charge in [0.1, 0.15) is 0 Å². The van der Waals surface area contributed by atoms with Crippen molar-refractivity contribution < 1.29 is 9.47 Å². The smallest absolute Gasteiger partial charge is 0.0594 e. The van der Waals surface area contributed by atoms with E-state index in [9.17, 15) is 0 Å². The molecule has 0 aromatic heterocycles. The molecule has 2 saturated heterocycles. The first kappa shape index (κ1) is 20.4. The number of hydrogen-bond donors (Lipinski definition) is 0. The Balaban J connectivity index is 1.53. The maximum Gasteiger partial charge on any atom is 0.0594 e. The number of rotatable bonds is 5. The van der Waals surface area contributed by atoms with Crippen LogP contribution in [0.3, 0.4) is 0 Å². The van der Waals surface area contributed by atoms with E-state index in [-0.39, 0.29) is 0 Å². The van der Waals surface area contributed by atoms with E-state index in [4.69, 9.17) is 9.47 Å². The molecule has 2 heterocycles. The maximum absolute atomic E-state index is 5.56. The van der Waals surface area contributed by atoms with Crippen molar-refractivity contribution >= 4 is 5.69 Å². The predicted molar refractivity (Wildman–Crippen MR) is 120 cm³/mol. The van der Waals surface area contributed by atoms with Crippen molar-refractivity contribution in [3.63, 3.8) is 0 Å². The number of morpholine rings is 1. The lowest BCUT2D eigenvalue weighted by Crippen LogP contribution is -2.37. The zero-order valence-corrected chi connectivity index (χ0v) is 18.1. The minimum absolute atomic E-state index is 0.563. The molecule has 2 aromatic rings. The van der Waals surface area contributed by atoms with Gasteiger partial charge in [0.05, 0.1) is 13.2 Å². The second kappa shape index (κ2) is 9.29. The number of ether oxygens (including phenoxy) is 2. The lowest BCUT2D eigenvalue weighted by atomic mass is 9.96. The average Bonchev–Trinajstić information content (AvgIpc) is 2.77. The molecule has 4 rings (SSSR count). The average molecular weight is 395 g/mol. The van der Waals surface area contributed by atoms with E-state index in [2.05, 4.69) is 67.1 Å². The molecule has 0 saturated carbocycles. The third-order valence-corrected chi connectivity index (χ3v) is 6.56. The zero-order chi connectivity index (χ0) is 20.2. The summed E-state index contributed by atoms with van der Waals surface area (Å²) in [6.07, 6.45) is 2.21. The van der Waals surface area contributed by atoms with Crippen molar-refractivity contribution in [3.05, 3.63) is 53.1 Å². The number of aryl methyl sites for hydroxylation is 1. The van der Waals surface area contributed by atoms with E-state index < -0.39 is 0 Å². The first-order chi connectivity index (χ1) is 14.1. The fraction of sp³-hybridized carbons (Fsp3) is 0.520. The van der Waals surface area contributed by atoms with Crippen molar-refractivity contribution in [1.82, 2.24) is 4.90 Å². The Hall–Kier alpha value is -1.88. The second-order valence-electron chi connectivity index (χ2n) is 8.48. The Morgan fingerprint density at radius 2 is 1.55 bits per heavy atom. The van der Waals surface area contributed by atoms with Crippen molar-refractivity contribution in [2.24, 2.45) is 0 Å². The molecule has 0 spiro atoms. The first-order valence-electron chi connectivity index (χ1n) is 10.9. The van der Waals surface area contributed by atoms with Gasteiger partial charge in [-0.3, -0.25) is 4.90 Å². The normalized spacial score (nSPS) is 18.7. The molecular weight excluding hydrogens is 360 g/mol. The summed E-state index contributed by atoms with van der Waals surface area (Å²) in [5.74, 6) is 0. The molecule has 0 atom stereocenters. The van der Waals surface area contributed by atoms with Gasteiger partial charge >= 0.3 is 0 Å². The molecule has 0 amide bonds. The summed E-state index contributed by atoms with van der Waals surface area (Å²) in [7, 11) is 2.24. The maximum atomic E-state index is 5.56. The number of nitrogens with zero attached hydrogens (tertiary/aromatic N) is 2. The van der Waals surface area contributed by atoms with Crippen LogP contribution in [-0.4, -0.2) is 57.5 Å². The first-order valence-corrected chi connectivity index (χ1v) is 10.9. The van der Waals surface area contributed by atoms with Gasteiger partial charge in [0, 0.05) is 51.6 Å². The Kier molecular flexibility index (Phi) is 6.53. The lowest BCUT2D eigenvalue weighted by molar-refractivity contribution is 0.0342. The van der Waals surface area contributed by atoms with E-state index >= 15 is 0 Å². The fourth-order valence-electron chi connectivity index (χ4n) is 4.46. The van der Waals surface area contributed by atoms with Crippen molar-refractivity contribution in [1.29, 1.82) is 0 Å². The van der Waals surface area contributed by atoms with E-state index in [1.807, 2.05) is 0 Å². The van der Waals surface area contributed by atoms with E-state index in [1.165, 1.54) is 33.5 Å². The molecule has 4 nitrogen and oxygen atoms in total. The number of anilines is 1. The van der Waals surface area contributed by atoms with Crippen LogP contribution in [0.15, 0.2) is 36.4 Å². The molecular formula is C25H34N2O2. The SMILES string of the molecule is Cc1cc(-c2ccc(CN3CCOCC3)cc2)cc(N(C)C2CCOCC2)c1C. The molecule has 29 heavy (non-hydrogen) atoms. The molecule has 2 aliphatic rings. The molecule has 0 aliphatic carbocycles. The van der Waals surface area contributed by atoms with Gasteiger partial charge in [-0.15, -0.1) is 0 Å². The van der Waals surface area contributed by atoms with Gasteiger partial charge < -0.3 is 14.4 Å². The van der Waals surface area contributed by atoms with Gasteiger partial charge in [-0.2, -0.15) is 0 Å². The van der Waals surface area contributed by atoms with E-state index in [1.54, 1.807) is 0 Å². The van der Waals surface area contributed by atoms with Gasteiger partial charge in [-0.25, -0.2) is 0 Å². The zero-order valence-electron chi connectivity index (χ0n) is 18.1. The van der Waals surface area contributed by atoms with Gasteiger partial charge in [0.15, 0.2) is 0 Å². The summed E-state index contributed by atoms with van der Waals surface area (Å²) in [5.41, 5.74) is 8.06. The minimum atomic E-state index is 0.563. The summed E-state index contributed by atoms with van der Waals surface area (Å²) in [5, 5.41) is 0. The molecule has 0 radical (unpaired) electrons. The van der Waals surface area contributed by atoms with Crippen molar-refractivity contribution in [3.8, 4) is 11.1 Å². The van der Waals surface area contributed by atoms with Crippen LogP contribution in [0.1, 0.15) is 29.5 Å². The standard InChI is InChI=1S/C25H34N2O2/c1-19-16-23(17-25(20(19)2)26(3)24-8-12-28-13-9-24)22-6-4-21(5-7-22)18-27-10-14-29-15-11-27/h4-7,16-17,24H,8-15,18H2,1-3H3. The van der Waals surface area contributed by atoms with Crippen LogP contribution in [0.5, 0.6) is 0 Å². The largest absolute Gasteiger partial charge is 0.381 e. The van der Waals surface area contributed by atoms with Crippen LogP contribution < -0.4 is 4.90 Å². The highest BCUT2D eigenvalue weighted by Gasteiger charge is 2.21. The molecule has 156 valence electrons. The second-order valence-corrected chi connectivity index (χ2v) is 8.48. The quantitative estimate of drug-likeness (QED) is 0.750. The third kappa shape index (κ3) is 4.82. The highest BCUT2D eigenvalue weighted by atomic mass is 16.5. The number of hydrogen-bond acceptors (Lipinski definition) is 4. The van der Waals surface area contributed by atoms with Crippen LogP contribution in [0.25, 0.3) is 11.1 Å². The molecule has 2 aliphatic heterocycles. The van der Waals surface area contributed by atoms with Gasteiger partial charge in [-0.1, -0.05) is 30.3 Å². The monoisotopic (exact) mass is 394 g/mol. The van der Waals surface area contributed by atoms with Crippen LogP contribution in [0, 0.1) is 13.8 Å². The summed E-state index contributed by atoms with van der Waals surface area (Å²) in [6.45, 7) is 11.0. The highest BCUT2D eigenvalue weighted by molar-refractivity contribution is 5.72. The fourth-order valence-corrected chi connectivity index (χ4v) is 4.46. The lowest BCUT2D eigenvalue weighted by Gasteiger charge is -2.34. The summed E-state index contributed by atoms with van der Waals surface area (Å²) >= 11 is 0. The Bertz CT molecular complexity index is 806. The Labute approximate surface area is 175 Å². The highest BCUT2D eigenvalue weighted by Crippen LogP contribution is 2.32. The van der Waals surface area contributed by atoms with Gasteiger partial charge in [0.2, 0.25) is 0 Å². The third-order valence-electron chi connectivity index (χ3n) is 6.56. The van der Waals surface area contributed by atoms with Crippen LogP contribution in [-0.2, 0) is 16.0 Å². The molecule has 2 fully saturated rings. The van der Waals surface area contributed by atoms with Crippen LogP contribution in [0.2, 0.25) is 0 Å². The molecule has 0 unspecified atom stereocenters. The molecule has 0 bridgehead atoms. The molecule has 0 N–H and O–H groups in total. The van der Waals surface area contributed by atoms with Crippen molar-refractivity contribution in [2.75, 3.05) is 51.5 Å². The van der Waals surface area contributed by atoms with Crippen LogP contribution >= 0.6 is 0 Å². The minimum Gasteiger partial charge on any atom is -0.381 e. The van der Waals surface area contributed by atoms with Gasteiger partial charge in [0.25, 0.3) is 0 Å². The summed E-state index contributed by atoms with van der Waals surface area (Å²) < 4.78 is 11.0.